The summed E-state index contributed by atoms with van der Waals surface area (Å²) in [4.78, 5) is 28.3. The molecule has 10 heteroatoms. The van der Waals surface area contributed by atoms with Crippen LogP contribution in [0.4, 0.5) is 18.3 Å². The highest BCUT2D eigenvalue weighted by atomic mass is 32.1. The summed E-state index contributed by atoms with van der Waals surface area (Å²) in [6, 6.07) is 4.71. The molecule has 0 bridgehead atoms. The van der Waals surface area contributed by atoms with Gasteiger partial charge in [-0.05, 0) is 18.2 Å². The highest BCUT2D eigenvalue weighted by Gasteiger charge is 2.39. The molecule has 3 aromatic rings. The Hall–Kier alpha value is -2.62. The first-order valence-electron chi connectivity index (χ1n) is 5.80. The normalized spacial score (nSPS) is 11.8. The number of aromatic nitrogens is 2. The SMILES string of the molecule is O=C(Nc1nc(-c2ccc3oc(=O)[nH]c3c2)cs1)C(F)(F)F. The number of nitrogens with one attached hydrogen (secondary N) is 2. The van der Waals surface area contributed by atoms with E-state index in [2.05, 4.69) is 9.97 Å². The number of nitrogens with zero attached hydrogens (tertiary/aromatic N) is 1. The molecule has 2 N–H and O–H groups in total. The third-order valence-electron chi connectivity index (χ3n) is 2.70. The molecule has 3 rings (SSSR count). The number of alkyl halides is 3. The number of rotatable bonds is 2. The molecule has 0 atom stereocenters. The summed E-state index contributed by atoms with van der Waals surface area (Å²) < 4.78 is 41.3. The van der Waals surface area contributed by atoms with Gasteiger partial charge in [0.2, 0.25) is 0 Å². The smallest absolute Gasteiger partial charge is 0.408 e. The summed E-state index contributed by atoms with van der Waals surface area (Å²) in [5.74, 6) is -2.69. The van der Waals surface area contributed by atoms with Crippen molar-refractivity contribution in [3.05, 3.63) is 34.1 Å². The summed E-state index contributed by atoms with van der Waals surface area (Å²) in [5, 5.41) is 3.00. The van der Waals surface area contributed by atoms with E-state index in [1.165, 1.54) is 11.4 Å². The molecule has 2 aromatic heterocycles. The fourth-order valence-electron chi connectivity index (χ4n) is 1.74. The van der Waals surface area contributed by atoms with Crippen LogP contribution in [-0.4, -0.2) is 22.1 Å². The largest absolute Gasteiger partial charge is 0.471 e. The van der Waals surface area contributed by atoms with Crippen molar-refractivity contribution in [2.24, 2.45) is 0 Å². The standard InChI is InChI=1S/C12H6F3N3O3S/c13-12(14,15)9(19)18-10-16-7(4-22-10)5-1-2-8-6(3-5)17-11(20)21-8/h1-4H,(H,17,20)(H,16,18,19). The first-order chi connectivity index (χ1) is 10.3. The Balaban J connectivity index is 1.88. The Morgan fingerprint density at radius 2 is 2.14 bits per heavy atom. The molecule has 0 spiro atoms. The van der Waals surface area contributed by atoms with Crippen LogP contribution in [0.25, 0.3) is 22.4 Å². The van der Waals surface area contributed by atoms with Gasteiger partial charge in [-0.15, -0.1) is 11.3 Å². The Labute approximate surface area is 123 Å². The second-order valence-electron chi connectivity index (χ2n) is 4.22. The number of benzene rings is 1. The highest BCUT2D eigenvalue weighted by molar-refractivity contribution is 7.14. The van der Waals surface area contributed by atoms with Gasteiger partial charge in [0.05, 0.1) is 11.2 Å². The lowest BCUT2D eigenvalue weighted by molar-refractivity contribution is -0.167. The number of hydrogen-bond donors (Lipinski definition) is 2. The Morgan fingerprint density at radius 3 is 2.86 bits per heavy atom. The predicted octanol–water partition coefficient (Wildman–Crippen LogP) is 2.75. The average Bonchev–Trinajstić information content (AvgIpc) is 3.01. The van der Waals surface area contributed by atoms with Crippen molar-refractivity contribution in [2.75, 3.05) is 5.32 Å². The van der Waals surface area contributed by atoms with Gasteiger partial charge in [-0.3, -0.25) is 15.1 Å². The summed E-state index contributed by atoms with van der Waals surface area (Å²) in [5.41, 5.74) is 1.73. The number of amides is 1. The summed E-state index contributed by atoms with van der Waals surface area (Å²) >= 11 is 0.861. The van der Waals surface area contributed by atoms with E-state index in [1.54, 1.807) is 17.4 Å². The fraction of sp³-hybridized carbons (Fsp3) is 0.0833. The summed E-state index contributed by atoms with van der Waals surface area (Å²) in [6.07, 6.45) is -4.97. The van der Waals surface area contributed by atoms with E-state index < -0.39 is 17.8 Å². The van der Waals surface area contributed by atoms with Crippen molar-refractivity contribution in [2.45, 2.75) is 6.18 Å². The van der Waals surface area contributed by atoms with Crippen LogP contribution < -0.4 is 11.1 Å². The van der Waals surface area contributed by atoms with Gasteiger partial charge < -0.3 is 4.42 Å². The van der Waals surface area contributed by atoms with Gasteiger partial charge in [0.25, 0.3) is 0 Å². The van der Waals surface area contributed by atoms with Gasteiger partial charge >= 0.3 is 17.8 Å². The number of fused-ring (bicyclic) bond motifs is 1. The van der Waals surface area contributed by atoms with Crippen LogP contribution in [0.2, 0.25) is 0 Å². The zero-order chi connectivity index (χ0) is 15.9. The number of anilines is 1. The van der Waals surface area contributed by atoms with Crippen LogP contribution in [0, 0.1) is 0 Å². The molecule has 0 saturated carbocycles. The molecule has 0 saturated heterocycles. The lowest BCUT2D eigenvalue weighted by Crippen LogP contribution is -2.29. The number of H-pyrrole nitrogens is 1. The maximum atomic E-state index is 12.2. The second kappa shape index (κ2) is 4.98. The minimum Gasteiger partial charge on any atom is -0.408 e. The van der Waals surface area contributed by atoms with E-state index in [1.807, 2.05) is 0 Å². The number of thiazole rings is 1. The minimum absolute atomic E-state index is 0.168. The van der Waals surface area contributed by atoms with Gasteiger partial charge in [0, 0.05) is 10.9 Å². The Kier molecular flexibility index (Phi) is 3.24. The van der Waals surface area contributed by atoms with Gasteiger partial charge in [0.15, 0.2) is 10.7 Å². The topological polar surface area (TPSA) is 88.0 Å². The quantitative estimate of drug-likeness (QED) is 0.757. The zero-order valence-corrected chi connectivity index (χ0v) is 11.3. The molecule has 0 radical (unpaired) electrons. The van der Waals surface area contributed by atoms with Gasteiger partial charge in [-0.1, -0.05) is 0 Å². The van der Waals surface area contributed by atoms with Crippen molar-refractivity contribution in [1.82, 2.24) is 9.97 Å². The maximum absolute atomic E-state index is 12.2. The van der Waals surface area contributed by atoms with Crippen LogP contribution >= 0.6 is 11.3 Å². The van der Waals surface area contributed by atoms with Crippen molar-refractivity contribution in [3.63, 3.8) is 0 Å². The molecular weight excluding hydrogens is 323 g/mol. The van der Waals surface area contributed by atoms with Crippen LogP contribution in [0.5, 0.6) is 0 Å². The second-order valence-corrected chi connectivity index (χ2v) is 5.07. The third-order valence-corrected chi connectivity index (χ3v) is 3.45. The molecule has 2 heterocycles. The lowest BCUT2D eigenvalue weighted by atomic mass is 10.1. The fourth-order valence-corrected chi connectivity index (χ4v) is 2.46. The van der Waals surface area contributed by atoms with Crippen molar-refractivity contribution >= 4 is 33.5 Å². The van der Waals surface area contributed by atoms with Crippen molar-refractivity contribution in [1.29, 1.82) is 0 Å². The predicted molar refractivity (Wildman–Crippen MR) is 72.6 cm³/mol. The van der Waals surface area contributed by atoms with E-state index in [0.29, 0.717) is 22.4 Å². The molecule has 1 aromatic carbocycles. The van der Waals surface area contributed by atoms with E-state index in [4.69, 9.17) is 4.42 Å². The number of carbonyl (C=O) groups excluding carboxylic acids is 1. The van der Waals surface area contributed by atoms with Gasteiger partial charge in [-0.25, -0.2) is 9.78 Å². The zero-order valence-electron chi connectivity index (χ0n) is 10.5. The van der Waals surface area contributed by atoms with E-state index in [0.717, 1.165) is 11.3 Å². The molecule has 0 unspecified atom stereocenters. The number of oxazole rings is 1. The van der Waals surface area contributed by atoms with Crippen LogP contribution in [0.3, 0.4) is 0 Å². The molecule has 0 aliphatic carbocycles. The first kappa shape index (κ1) is 14.3. The lowest BCUT2D eigenvalue weighted by Gasteiger charge is -2.04. The molecular formula is C12H6F3N3O3S. The molecule has 1 amide bonds. The number of carbonyl (C=O) groups is 1. The van der Waals surface area contributed by atoms with Crippen molar-refractivity contribution < 1.29 is 22.4 Å². The van der Waals surface area contributed by atoms with Crippen LogP contribution in [-0.2, 0) is 4.79 Å². The number of hydrogen-bond acceptors (Lipinski definition) is 5. The van der Waals surface area contributed by atoms with E-state index in [-0.39, 0.29) is 5.13 Å². The number of halogens is 3. The Morgan fingerprint density at radius 1 is 1.36 bits per heavy atom. The maximum Gasteiger partial charge on any atom is 0.471 e. The van der Waals surface area contributed by atoms with E-state index in [9.17, 15) is 22.8 Å². The van der Waals surface area contributed by atoms with Crippen molar-refractivity contribution in [3.8, 4) is 11.3 Å². The van der Waals surface area contributed by atoms with E-state index >= 15 is 0 Å². The molecule has 22 heavy (non-hydrogen) atoms. The third kappa shape index (κ3) is 2.72. The minimum atomic E-state index is -4.97. The first-order valence-corrected chi connectivity index (χ1v) is 6.68. The summed E-state index contributed by atoms with van der Waals surface area (Å²) in [6.45, 7) is 0. The highest BCUT2D eigenvalue weighted by Crippen LogP contribution is 2.28. The average molecular weight is 329 g/mol. The molecule has 0 aliphatic heterocycles. The molecule has 0 fully saturated rings. The van der Waals surface area contributed by atoms with Gasteiger partial charge in [0.1, 0.15) is 0 Å². The molecule has 0 aliphatic rings. The molecule has 114 valence electrons. The molecule has 6 nitrogen and oxygen atoms in total. The monoisotopic (exact) mass is 329 g/mol. The van der Waals surface area contributed by atoms with Crippen LogP contribution in [0.15, 0.2) is 32.8 Å². The van der Waals surface area contributed by atoms with Crippen LogP contribution in [0.1, 0.15) is 0 Å². The number of aromatic amines is 1. The summed E-state index contributed by atoms with van der Waals surface area (Å²) in [7, 11) is 0. The Bertz CT molecular complexity index is 909. The van der Waals surface area contributed by atoms with Gasteiger partial charge in [-0.2, -0.15) is 13.2 Å².